The fourth-order valence-corrected chi connectivity index (χ4v) is 1.35. The van der Waals surface area contributed by atoms with Crippen LogP contribution in [-0.4, -0.2) is 20.5 Å². The highest BCUT2D eigenvalue weighted by Crippen LogP contribution is 2.21. The minimum absolute atomic E-state index is 0.0217. The third kappa shape index (κ3) is 3.02. The molecule has 0 N–H and O–H groups in total. The van der Waals surface area contributed by atoms with Crippen molar-refractivity contribution in [3.05, 3.63) is 21.3 Å². The summed E-state index contributed by atoms with van der Waals surface area (Å²) < 4.78 is 1.19. The molecule has 0 spiro atoms. The Morgan fingerprint density at radius 2 is 2.40 bits per heavy atom. The Kier molecular flexibility index (Phi) is 3.79. The molecule has 1 aromatic heterocycles. The van der Waals surface area contributed by atoms with Gasteiger partial charge < -0.3 is 10.1 Å². The SMILES string of the molecule is CCCC(=O)Cn1cc(Cl)c([N+](=O)[O-])n1. The monoisotopic (exact) mass is 231 g/mol. The summed E-state index contributed by atoms with van der Waals surface area (Å²) in [5.41, 5.74) is 0. The second kappa shape index (κ2) is 4.88. The average Bonchev–Trinajstić information content (AvgIpc) is 2.47. The first-order valence-corrected chi connectivity index (χ1v) is 4.81. The Morgan fingerprint density at radius 3 is 2.87 bits per heavy atom. The molecule has 0 aliphatic carbocycles. The van der Waals surface area contributed by atoms with Crippen LogP contribution in [0.5, 0.6) is 0 Å². The lowest BCUT2D eigenvalue weighted by atomic mass is 10.2. The lowest BCUT2D eigenvalue weighted by Gasteiger charge is -1.94. The van der Waals surface area contributed by atoms with Crippen LogP contribution in [0.4, 0.5) is 5.82 Å². The van der Waals surface area contributed by atoms with Gasteiger partial charge in [0.25, 0.3) is 0 Å². The van der Waals surface area contributed by atoms with Crippen molar-refractivity contribution in [2.24, 2.45) is 0 Å². The van der Waals surface area contributed by atoms with E-state index in [1.54, 1.807) is 0 Å². The third-order valence-electron chi connectivity index (χ3n) is 1.74. The Morgan fingerprint density at radius 1 is 1.73 bits per heavy atom. The van der Waals surface area contributed by atoms with Crippen molar-refractivity contribution in [2.45, 2.75) is 26.3 Å². The molecule has 0 unspecified atom stereocenters. The maximum absolute atomic E-state index is 11.2. The minimum atomic E-state index is -0.677. The number of carbonyl (C=O) groups excluding carboxylic acids is 1. The minimum Gasteiger partial charge on any atom is -0.358 e. The zero-order chi connectivity index (χ0) is 11.4. The number of rotatable bonds is 5. The van der Waals surface area contributed by atoms with Gasteiger partial charge in [0.1, 0.15) is 6.54 Å². The number of halogens is 1. The highest BCUT2D eigenvalue weighted by Gasteiger charge is 2.19. The first kappa shape index (κ1) is 11.6. The number of Topliss-reactive ketones (excluding diaryl/α,β-unsaturated/α-hetero) is 1. The Balaban J connectivity index is 2.75. The molecule has 6 nitrogen and oxygen atoms in total. The fraction of sp³-hybridized carbons (Fsp3) is 0.500. The number of nitro groups is 1. The van der Waals surface area contributed by atoms with Gasteiger partial charge in [-0.1, -0.05) is 18.5 Å². The highest BCUT2D eigenvalue weighted by atomic mass is 35.5. The van der Waals surface area contributed by atoms with Gasteiger partial charge in [-0.2, -0.15) is 4.68 Å². The molecule has 7 heteroatoms. The van der Waals surface area contributed by atoms with Gasteiger partial charge in [-0.3, -0.25) is 4.79 Å². The predicted molar refractivity (Wildman–Crippen MR) is 53.8 cm³/mol. The lowest BCUT2D eigenvalue weighted by Crippen LogP contribution is -2.10. The van der Waals surface area contributed by atoms with Crippen LogP contribution < -0.4 is 0 Å². The Hall–Kier alpha value is -1.43. The quantitative estimate of drug-likeness (QED) is 0.572. The van der Waals surface area contributed by atoms with E-state index in [2.05, 4.69) is 5.10 Å². The standard InChI is InChI=1S/C8H10ClN3O3/c1-2-3-6(13)4-11-5-7(9)8(10-11)12(14)15/h5H,2-4H2,1H3. The van der Waals surface area contributed by atoms with Gasteiger partial charge in [0, 0.05) is 6.42 Å². The average molecular weight is 232 g/mol. The van der Waals surface area contributed by atoms with Crippen molar-refractivity contribution in [1.29, 1.82) is 0 Å². The van der Waals surface area contributed by atoms with E-state index in [4.69, 9.17) is 11.6 Å². The van der Waals surface area contributed by atoms with E-state index in [0.29, 0.717) is 6.42 Å². The molecule has 0 atom stereocenters. The van der Waals surface area contributed by atoms with Crippen molar-refractivity contribution in [1.82, 2.24) is 9.78 Å². The molecular weight excluding hydrogens is 222 g/mol. The summed E-state index contributed by atoms with van der Waals surface area (Å²) in [5.74, 6) is -0.437. The maximum atomic E-state index is 11.2. The second-order valence-corrected chi connectivity index (χ2v) is 3.45. The third-order valence-corrected chi connectivity index (χ3v) is 2.01. The molecule has 0 aliphatic rings. The van der Waals surface area contributed by atoms with Crippen LogP contribution in [-0.2, 0) is 11.3 Å². The Labute approximate surface area is 91.0 Å². The normalized spacial score (nSPS) is 10.3. The Bertz CT molecular complexity index is 388. The number of hydrogen-bond donors (Lipinski definition) is 0. The smallest absolute Gasteiger partial charge is 0.358 e. The van der Waals surface area contributed by atoms with Gasteiger partial charge in [0.2, 0.25) is 0 Å². The zero-order valence-corrected chi connectivity index (χ0v) is 8.90. The van der Waals surface area contributed by atoms with Crippen molar-refractivity contribution in [3.8, 4) is 0 Å². The zero-order valence-electron chi connectivity index (χ0n) is 8.14. The highest BCUT2D eigenvalue weighted by molar-refractivity contribution is 6.32. The molecule has 15 heavy (non-hydrogen) atoms. The molecule has 0 aromatic carbocycles. The summed E-state index contributed by atoms with van der Waals surface area (Å²) in [6.07, 6.45) is 2.47. The van der Waals surface area contributed by atoms with Gasteiger partial charge in [0.05, 0.1) is 11.3 Å². The molecule has 1 heterocycles. The van der Waals surface area contributed by atoms with Gasteiger partial charge in [-0.25, -0.2) is 0 Å². The van der Waals surface area contributed by atoms with Crippen LogP contribution in [0.25, 0.3) is 0 Å². The fourth-order valence-electron chi connectivity index (χ4n) is 1.13. The topological polar surface area (TPSA) is 78.0 Å². The predicted octanol–water partition coefficient (Wildman–Crippen LogP) is 1.81. The van der Waals surface area contributed by atoms with E-state index in [1.807, 2.05) is 6.92 Å². The van der Waals surface area contributed by atoms with E-state index in [1.165, 1.54) is 10.9 Å². The number of ketones is 1. The van der Waals surface area contributed by atoms with E-state index >= 15 is 0 Å². The molecule has 0 saturated heterocycles. The van der Waals surface area contributed by atoms with Crippen LogP contribution in [0, 0.1) is 10.1 Å². The molecule has 0 saturated carbocycles. The van der Waals surface area contributed by atoms with E-state index in [9.17, 15) is 14.9 Å². The van der Waals surface area contributed by atoms with Crippen LogP contribution in [0.1, 0.15) is 19.8 Å². The van der Waals surface area contributed by atoms with E-state index in [-0.39, 0.29) is 17.4 Å². The second-order valence-electron chi connectivity index (χ2n) is 3.04. The molecule has 82 valence electrons. The van der Waals surface area contributed by atoms with Crippen molar-refractivity contribution >= 4 is 23.2 Å². The van der Waals surface area contributed by atoms with Crippen LogP contribution in [0.2, 0.25) is 5.02 Å². The molecule has 1 aromatic rings. The van der Waals surface area contributed by atoms with Crippen LogP contribution >= 0.6 is 11.6 Å². The summed E-state index contributed by atoms with van der Waals surface area (Å²) in [4.78, 5) is 21.0. The van der Waals surface area contributed by atoms with Crippen LogP contribution in [0.15, 0.2) is 6.20 Å². The summed E-state index contributed by atoms with van der Waals surface area (Å²) in [6.45, 7) is 1.91. The van der Waals surface area contributed by atoms with Gasteiger partial charge >= 0.3 is 5.82 Å². The molecule has 0 amide bonds. The van der Waals surface area contributed by atoms with Gasteiger partial charge in [0.15, 0.2) is 10.8 Å². The lowest BCUT2D eigenvalue weighted by molar-refractivity contribution is -0.389. The number of hydrogen-bond acceptors (Lipinski definition) is 4. The number of nitrogens with zero attached hydrogens (tertiary/aromatic N) is 3. The number of aromatic nitrogens is 2. The van der Waals surface area contributed by atoms with Crippen molar-refractivity contribution in [3.63, 3.8) is 0 Å². The van der Waals surface area contributed by atoms with E-state index < -0.39 is 10.7 Å². The summed E-state index contributed by atoms with van der Waals surface area (Å²) >= 11 is 5.56. The largest absolute Gasteiger partial charge is 0.408 e. The number of carbonyl (C=O) groups is 1. The first-order chi connectivity index (χ1) is 7.04. The first-order valence-electron chi connectivity index (χ1n) is 4.43. The molecule has 0 fully saturated rings. The molecule has 0 radical (unpaired) electrons. The molecule has 1 rings (SSSR count). The van der Waals surface area contributed by atoms with Crippen molar-refractivity contribution in [2.75, 3.05) is 0 Å². The molecule has 0 bridgehead atoms. The van der Waals surface area contributed by atoms with Gasteiger partial charge in [-0.15, -0.1) is 0 Å². The van der Waals surface area contributed by atoms with E-state index in [0.717, 1.165) is 6.42 Å². The molecule has 0 aliphatic heterocycles. The molecular formula is C8H10ClN3O3. The summed E-state index contributed by atoms with van der Waals surface area (Å²) in [5, 5.41) is 14.0. The summed E-state index contributed by atoms with van der Waals surface area (Å²) in [6, 6.07) is 0. The summed E-state index contributed by atoms with van der Waals surface area (Å²) in [7, 11) is 0. The van der Waals surface area contributed by atoms with Crippen LogP contribution in [0.3, 0.4) is 0 Å². The van der Waals surface area contributed by atoms with Gasteiger partial charge in [-0.05, 0) is 11.3 Å². The maximum Gasteiger partial charge on any atom is 0.408 e. The van der Waals surface area contributed by atoms with Crippen molar-refractivity contribution < 1.29 is 9.72 Å².